The quantitative estimate of drug-likeness (QED) is 0.662. The molecule has 150 valence electrons. The molecule has 6 heteroatoms. The molecular formula is C21H28F2O4. The van der Waals surface area contributed by atoms with Gasteiger partial charge < -0.3 is 18.9 Å². The molecule has 2 fully saturated rings. The third-order valence-corrected chi connectivity index (χ3v) is 4.96. The molecule has 0 unspecified atom stereocenters. The fraction of sp³-hybridized carbons (Fsp3) is 0.619. The molecule has 4 nitrogen and oxygen atoms in total. The molecule has 3 rings (SSSR count). The van der Waals surface area contributed by atoms with E-state index in [4.69, 9.17) is 18.9 Å². The minimum absolute atomic E-state index is 0.141. The highest BCUT2D eigenvalue weighted by Gasteiger charge is 2.25. The molecule has 2 saturated heterocycles. The standard InChI is InChI=1S/C21H28F2O4/c1-2-3-16-11-24-21(25-12-16)9-6-17-13-26-20(27-14-17)8-5-15-4-7-18(22)19(23)10-15/h2-4,7,10,16-17,20-21H,5-6,8-9,11-14H2,1H3/t16-,17-,20-,21-. The summed E-state index contributed by atoms with van der Waals surface area (Å²) in [5.41, 5.74) is 0.742. The van der Waals surface area contributed by atoms with Gasteiger partial charge in [0.1, 0.15) is 0 Å². The lowest BCUT2D eigenvalue weighted by Gasteiger charge is -2.32. The van der Waals surface area contributed by atoms with Crippen LogP contribution >= 0.6 is 0 Å². The van der Waals surface area contributed by atoms with Crippen molar-refractivity contribution in [2.45, 2.75) is 45.2 Å². The second-order valence-corrected chi connectivity index (χ2v) is 7.21. The highest BCUT2D eigenvalue weighted by Crippen LogP contribution is 2.23. The van der Waals surface area contributed by atoms with Gasteiger partial charge >= 0.3 is 0 Å². The van der Waals surface area contributed by atoms with Crippen molar-refractivity contribution in [3.05, 3.63) is 47.5 Å². The molecule has 0 N–H and O–H groups in total. The topological polar surface area (TPSA) is 36.9 Å². The van der Waals surface area contributed by atoms with Crippen LogP contribution in [0.15, 0.2) is 30.4 Å². The smallest absolute Gasteiger partial charge is 0.159 e. The summed E-state index contributed by atoms with van der Waals surface area (Å²) < 4.78 is 49.2. The van der Waals surface area contributed by atoms with Gasteiger partial charge in [0.05, 0.1) is 26.4 Å². The number of ether oxygens (including phenoxy) is 4. The van der Waals surface area contributed by atoms with E-state index < -0.39 is 11.6 Å². The molecule has 0 bridgehead atoms. The zero-order chi connectivity index (χ0) is 19.1. The number of halogens is 2. The van der Waals surface area contributed by atoms with Gasteiger partial charge in [0.15, 0.2) is 24.2 Å². The summed E-state index contributed by atoms with van der Waals surface area (Å²) in [5, 5.41) is 0. The Bertz CT molecular complexity index is 606. The minimum Gasteiger partial charge on any atom is -0.352 e. The first-order valence-electron chi connectivity index (χ1n) is 9.67. The lowest BCUT2D eigenvalue weighted by atomic mass is 10.0. The van der Waals surface area contributed by atoms with Gasteiger partial charge in [-0.15, -0.1) is 0 Å². The van der Waals surface area contributed by atoms with Crippen molar-refractivity contribution in [1.29, 1.82) is 0 Å². The Hall–Kier alpha value is -1.34. The van der Waals surface area contributed by atoms with Crippen LogP contribution in [0, 0.1) is 23.5 Å². The third-order valence-electron chi connectivity index (χ3n) is 4.96. The second kappa shape index (κ2) is 10.3. The Labute approximate surface area is 159 Å². The average molecular weight is 382 g/mol. The first kappa shape index (κ1) is 20.4. The van der Waals surface area contributed by atoms with Crippen molar-refractivity contribution in [2.24, 2.45) is 11.8 Å². The summed E-state index contributed by atoms with van der Waals surface area (Å²) in [6.45, 7) is 4.69. The zero-order valence-corrected chi connectivity index (χ0v) is 15.7. The van der Waals surface area contributed by atoms with Crippen molar-refractivity contribution < 1.29 is 27.7 Å². The number of allylic oxidation sites excluding steroid dienone is 1. The van der Waals surface area contributed by atoms with Gasteiger partial charge in [-0.05, 0) is 43.9 Å². The molecule has 0 aromatic heterocycles. The average Bonchev–Trinajstić information content (AvgIpc) is 2.69. The van der Waals surface area contributed by atoms with E-state index in [0.29, 0.717) is 51.1 Å². The highest BCUT2D eigenvalue weighted by atomic mass is 19.2. The van der Waals surface area contributed by atoms with Crippen molar-refractivity contribution in [2.75, 3.05) is 26.4 Å². The van der Waals surface area contributed by atoms with E-state index in [0.717, 1.165) is 24.5 Å². The Kier molecular flexibility index (Phi) is 7.76. The number of hydrogen-bond acceptors (Lipinski definition) is 4. The number of rotatable bonds is 7. The molecule has 0 aliphatic carbocycles. The number of hydrogen-bond donors (Lipinski definition) is 0. The normalized spacial score (nSPS) is 29.3. The summed E-state index contributed by atoms with van der Waals surface area (Å²) in [5.74, 6) is -0.967. The van der Waals surface area contributed by atoms with Crippen LogP contribution in [-0.2, 0) is 25.4 Å². The van der Waals surface area contributed by atoms with Gasteiger partial charge in [0, 0.05) is 18.3 Å². The fourth-order valence-corrected chi connectivity index (χ4v) is 3.38. The Morgan fingerprint density at radius 1 is 0.889 bits per heavy atom. The van der Waals surface area contributed by atoms with E-state index in [2.05, 4.69) is 6.08 Å². The van der Waals surface area contributed by atoms with Crippen LogP contribution in [0.1, 0.15) is 31.7 Å². The van der Waals surface area contributed by atoms with E-state index in [1.807, 2.05) is 13.0 Å². The molecule has 0 saturated carbocycles. The first-order chi connectivity index (χ1) is 13.1. The summed E-state index contributed by atoms with van der Waals surface area (Å²) in [6, 6.07) is 3.97. The first-order valence-corrected chi connectivity index (χ1v) is 9.67. The lowest BCUT2D eigenvalue weighted by molar-refractivity contribution is -0.215. The van der Waals surface area contributed by atoms with Crippen LogP contribution < -0.4 is 0 Å². The van der Waals surface area contributed by atoms with Crippen LogP contribution in [0.25, 0.3) is 0 Å². The van der Waals surface area contributed by atoms with Gasteiger partial charge in [-0.1, -0.05) is 18.2 Å². The van der Waals surface area contributed by atoms with Crippen molar-refractivity contribution in [3.63, 3.8) is 0 Å². The van der Waals surface area contributed by atoms with Crippen molar-refractivity contribution in [3.8, 4) is 0 Å². The monoisotopic (exact) mass is 382 g/mol. The van der Waals surface area contributed by atoms with Gasteiger partial charge in [-0.2, -0.15) is 0 Å². The maximum Gasteiger partial charge on any atom is 0.159 e. The predicted octanol–water partition coefficient (Wildman–Crippen LogP) is 4.23. The zero-order valence-electron chi connectivity index (χ0n) is 15.7. The van der Waals surface area contributed by atoms with E-state index >= 15 is 0 Å². The highest BCUT2D eigenvalue weighted by molar-refractivity contribution is 5.17. The Morgan fingerprint density at radius 3 is 2.22 bits per heavy atom. The molecule has 2 aliphatic heterocycles. The van der Waals surface area contributed by atoms with Crippen LogP contribution in [0.5, 0.6) is 0 Å². The van der Waals surface area contributed by atoms with E-state index in [1.54, 1.807) is 6.07 Å². The van der Waals surface area contributed by atoms with Crippen LogP contribution in [-0.4, -0.2) is 39.0 Å². The molecule has 0 spiro atoms. The minimum atomic E-state index is -0.824. The molecule has 2 heterocycles. The molecule has 2 aliphatic rings. The SMILES string of the molecule is CC=C[C@H]1CO[C@H](CC[C@H]2CO[C@H](CCc3ccc(F)c(F)c3)OC2)OC1. The molecule has 0 radical (unpaired) electrons. The molecule has 0 atom stereocenters. The van der Waals surface area contributed by atoms with E-state index in [1.165, 1.54) is 6.07 Å². The summed E-state index contributed by atoms with van der Waals surface area (Å²) in [4.78, 5) is 0. The number of aryl methyl sites for hydroxylation is 1. The molecule has 27 heavy (non-hydrogen) atoms. The third kappa shape index (κ3) is 6.35. The molecule has 1 aromatic carbocycles. The van der Waals surface area contributed by atoms with Gasteiger partial charge in [0.2, 0.25) is 0 Å². The Morgan fingerprint density at radius 2 is 1.56 bits per heavy atom. The van der Waals surface area contributed by atoms with Crippen molar-refractivity contribution >= 4 is 0 Å². The van der Waals surface area contributed by atoms with Gasteiger partial charge in [-0.3, -0.25) is 0 Å². The van der Waals surface area contributed by atoms with Gasteiger partial charge in [0.25, 0.3) is 0 Å². The van der Waals surface area contributed by atoms with Crippen LogP contribution in [0.2, 0.25) is 0 Å². The van der Waals surface area contributed by atoms with E-state index in [-0.39, 0.29) is 12.6 Å². The Balaban J connectivity index is 1.30. The molecule has 1 aromatic rings. The van der Waals surface area contributed by atoms with Crippen LogP contribution in [0.3, 0.4) is 0 Å². The fourth-order valence-electron chi connectivity index (χ4n) is 3.38. The summed E-state index contributed by atoms with van der Waals surface area (Å²) >= 11 is 0. The predicted molar refractivity (Wildman–Crippen MR) is 97.1 cm³/mol. The van der Waals surface area contributed by atoms with Crippen LogP contribution in [0.4, 0.5) is 8.78 Å². The number of benzene rings is 1. The van der Waals surface area contributed by atoms with E-state index in [9.17, 15) is 8.78 Å². The van der Waals surface area contributed by atoms with Crippen molar-refractivity contribution in [1.82, 2.24) is 0 Å². The largest absolute Gasteiger partial charge is 0.352 e. The molecular weight excluding hydrogens is 354 g/mol. The molecule has 0 amide bonds. The maximum atomic E-state index is 13.2. The maximum absolute atomic E-state index is 13.2. The lowest BCUT2D eigenvalue weighted by Crippen LogP contribution is -2.35. The van der Waals surface area contributed by atoms with Gasteiger partial charge in [-0.25, -0.2) is 8.78 Å². The second-order valence-electron chi connectivity index (χ2n) is 7.21. The summed E-state index contributed by atoms with van der Waals surface area (Å²) in [6.07, 6.45) is 6.67. The summed E-state index contributed by atoms with van der Waals surface area (Å²) in [7, 11) is 0.